The fraction of sp³-hybridized carbons (Fsp3) is 0.409. The average molecular weight is 529 g/mol. The Balaban J connectivity index is 2.53. The topological polar surface area (TPSA) is 37.3 Å². The highest BCUT2D eigenvalue weighted by molar-refractivity contribution is 14.1. The number of benzene rings is 2. The van der Waals surface area contributed by atoms with Gasteiger partial charge in [0.2, 0.25) is 0 Å². The summed E-state index contributed by atoms with van der Waals surface area (Å²) in [6.07, 6.45) is 4.40. The standard InChI is InChI=1S/C22H26BrIO2/c1-3-5-11-18-17(12-13-20(23)22(18)24)16(4-2)19(14-21(25)26)15-9-7-6-8-10-15/h6-10,12-13,16,19H,3-5,11,14H2,1-2H3,(H,25,26). The third-order valence-electron chi connectivity index (χ3n) is 4.96. The van der Waals surface area contributed by atoms with Crippen molar-refractivity contribution in [1.82, 2.24) is 0 Å². The molecule has 0 aliphatic carbocycles. The molecule has 4 heteroatoms. The van der Waals surface area contributed by atoms with Crippen LogP contribution in [0.4, 0.5) is 0 Å². The minimum absolute atomic E-state index is 0.0175. The molecule has 0 amide bonds. The molecule has 0 heterocycles. The minimum atomic E-state index is -0.737. The summed E-state index contributed by atoms with van der Waals surface area (Å²) in [5.41, 5.74) is 3.80. The van der Waals surface area contributed by atoms with E-state index in [1.54, 1.807) is 0 Å². The van der Waals surface area contributed by atoms with Crippen molar-refractivity contribution in [1.29, 1.82) is 0 Å². The first-order valence-corrected chi connectivity index (χ1v) is 11.1. The van der Waals surface area contributed by atoms with E-state index >= 15 is 0 Å². The zero-order valence-corrected chi connectivity index (χ0v) is 19.1. The molecule has 0 saturated heterocycles. The zero-order valence-electron chi connectivity index (χ0n) is 15.3. The summed E-state index contributed by atoms with van der Waals surface area (Å²) in [6, 6.07) is 14.4. The van der Waals surface area contributed by atoms with E-state index in [2.05, 4.69) is 76.6 Å². The first kappa shape index (κ1) is 21.4. The summed E-state index contributed by atoms with van der Waals surface area (Å²) < 4.78 is 2.38. The average Bonchev–Trinajstić information content (AvgIpc) is 2.64. The summed E-state index contributed by atoms with van der Waals surface area (Å²) in [4.78, 5) is 11.6. The molecule has 2 rings (SSSR count). The highest BCUT2D eigenvalue weighted by Gasteiger charge is 2.28. The van der Waals surface area contributed by atoms with Crippen molar-refractivity contribution in [2.75, 3.05) is 0 Å². The van der Waals surface area contributed by atoms with Crippen molar-refractivity contribution in [2.45, 2.75) is 57.8 Å². The number of rotatable bonds is 9. The fourth-order valence-corrected chi connectivity index (χ4v) is 4.80. The van der Waals surface area contributed by atoms with Gasteiger partial charge in [-0.2, -0.15) is 0 Å². The van der Waals surface area contributed by atoms with Crippen LogP contribution < -0.4 is 0 Å². The van der Waals surface area contributed by atoms with Gasteiger partial charge in [-0.3, -0.25) is 4.79 Å². The molecule has 2 nitrogen and oxygen atoms in total. The summed E-state index contributed by atoms with van der Waals surface area (Å²) in [5.74, 6) is -0.558. The molecule has 1 N–H and O–H groups in total. The van der Waals surface area contributed by atoms with E-state index in [4.69, 9.17) is 0 Å². The first-order chi connectivity index (χ1) is 12.5. The lowest BCUT2D eigenvalue weighted by atomic mass is 9.76. The van der Waals surface area contributed by atoms with Gasteiger partial charge in [0.25, 0.3) is 0 Å². The van der Waals surface area contributed by atoms with E-state index < -0.39 is 5.97 Å². The molecule has 0 aliphatic heterocycles. The van der Waals surface area contributed by atoms with E-state index in [9.17, 15) is 9.90 Å². The molecule has 0 spiro atoms. The van der Waals surface area contributed by atoms with Crippen LogP contribution in [0.3, 0.4) is 0 Å². The van der Waals surface area contributed by atoms with E-state index in [0.717, 1.165) is 35.7 Å². The summed E-state index contributed by atoms with van der Waals surface area (Å²) in [7, 11) is 0. The van der Waals surface area contributed by atoms with E-state index in [-0.39, 0.29) is 18.3 Å². The van der Waals surface area contributed by atoms with Crippen molar-refractivity contribution in [2.24, 2.45) is 0 Å². The Morgan fingerprint density at radius 1 is 1.12 bits per heavy atom. The molecule has 0 radical (unpaired) electrons. The van der Waals surface area contributed by atoms with Crippen LogP contribution in [0.15, 0.2) is 46.9 Å². The van der Waals surface area contributed by atoms with E-state index in [0.29, 0.717) is 0 Å². The largest absolute Gasteiger partial charge is 0.481 e. The first-order valence-electron chi connectivity index (χ1n) is 9.23. The number of hydrogen-bond acceptors (Lipinski definition) is 1. The lowest BCUT2D eigenvalue weighted by Crippen LogP contribution is -2.17. The van der Waals surface area contributed by atoms with Gasteiger partial charge >= 0.3 is 5.97 Å². The SMILES string of the molecule is CCCCc1c(C(CC)C(CC(=O)O)c2ccccc2)ccc(Br)c1I. The van der Waals surface area contributed by atoms with Gasteiger partial charge in [0, 0.05) is 14.0 Å². The molecule has 2 aromatic carbocycles. The molecule has 2 atom stereocenters. The van der Waals surface area contributed by atoms with Crippen LogP contribution in [0.1, 0.15) is 68.1 Å². The van der Waals surface area contributed by atoms with Crippen molar-refractivity contribution < 1.29 is 9.90 Å². The monoisotopic (exact) mass is 528 g/mol. The molecule has 0 aromatic heterocycles. The number of unbranched alkanes of at least 4 members (excludes halogenated alkanes) is 1. The highest BCUT2D eigenvalue weighted by atomic mass is 127. The summed E-state index contributed by atoms with van der Waals surface area (Å²) >= 11 is 6.08. The highest BCUT2D eigenvalue weighted by Crippen LogP contribution is 2.42. The maximum absolute atomic E-state index is 11.6. The van der Waals surface area contributed by atoms with Gasteiger partial charge in [-0.05, 0) is 86.5 Å². The maximum Gasteiger partial charge on any atom is 0.303 e. The van der Waals surface area contributed by atoms with Crippen LogP contribution in [-0.2, 0) is 11.2 Å². The van der Waals surface area contributed by atoms with Gasteiger partial charge in [-0.1, -0.05) is 56.7 Å². The Morgan fingerprint density at radius 2 is 1.81 bits per heavy atom. The van der Waals surface area contributed by atoms with Crippen LogP contribution in [0.25, 0.3) is 0 Å². The minimum Gasteiger partial charge on any atom is -0.481 e. The second-order valence-electron chi connectivity index (χ2n) is 6.66. The lowest BCUT2D eigenvalue weighted by Gasteiger charge is -2.29. The van der Waals surface area contributed by atoms with Crippen LogP contribution in [0, 0.1) is 3.57 Å². The molecular formula is C22H26BrIO2. The number of carbonyl (C=O) groups is 1. The third kappa shape index (κ3) is 5.32. The molecular weight excluding hydrogens is 503 g/mol. The molecule has 26 heavy (non-hydrogen) atoms. The zero-order chi connectivity index (χ0) is 19.1. The summed E-state index contributed by atoms with van der Waals surface area (Å²) in [6.45, 7) is 4.37. The van der Waals surface area contributed by atoms with Crippen LogP contribution >= 0.6 is 38.5 Å². The van der Waals surface area contributed by atoms with Gasteiger partial charge in [-0.25, -0.2) is 0 Å². The Morgan fingerprint density at radius 3 is 2.38 bits per heavy atom. The predicted octanol–water partition coefficient (Wildman–Crippen LogP) is 7.15. The maximum atomic E-state index is 11.6. The number of halogens is 2. The quantitative estimate of drug-likeness (QED) is 0.351. The normalized spacial score (nSPS) is 13.4. The Bertz CT molecular complexity index is 730. The van der Waals surface area contributed by atoms with Crippen LogP contribution in [0.2, 0.25) is 0 Å². The van der Waals surface area contributed by atoms with Gasteiger partial charge in [-0.15, -0.1) is 0 Å². The van der Waals surface area contributed by atoms with Crippen LogP contribution in [-0.4, -0.2) is 11.1 Å². The van der Waals surface area contributed by atoms with Crippen molar-refractivity contribution in [3.05, 3.63) is 67.2 Å². The summed E-state index contributed by atoms with van der Waals surface area (Å²) in [5, 5.41) is 9.54. The Hall–Kier alpha value is -0.880. The molecule has 0 aliphatic rings. The van der Waals surface area contributed by atoms with Gasteiger partial charge < -0.3 is 5.11 Å². The van der Waals surface area contributed by atoms with Gasteiger partial charge in [0.05, 0.1) is 6.42 Å². The second kappa shape index (κ2) is 10.5. The Labute approximate surface area is 178 Å². The van der Waals surface area contributed by atoms with Gasteiger partial charge in [0.15, 0.2) is 0 Å². The Kier molecular flexibility index (Phi) is 8.61. The smallest absolute Gasteiger partial charge is 0.303 e. The number of carboxylic acid groups (broad SMARTS) is 1. The number of carboxylic acids is 1. The fourth-order valence-electron chi connectivity index (χ4n) is 3.66. The third-order valence-corrected chi connectivity index (χ3v) is 7.59. The molecule has 140 valence electrons. The van der Waals surface area contributed by atoms with Crippen molar-refractivity contribution >= 4 is 44.5 Å². The molecule has 2 unspecified atom stereocenters. The second-order valence-corrected chi connectivity index (χ2v) is 8.60. The molecule has 0 fully saturated rings. The van der Waals surface area contributed by atoms with Crippen molar-refractivity contribution in [3.63, 3.8) is 0 Å². The number of aliphatic carboxylic acids is 1. The number of hydrogen-bond donors (Lipinski definition) is 1. The molecule has 2 aromatic rings. The van der Waals surface area contributed by atoms with Gasteiger partial charge in [0.1, 0.15) is 0 Å². The van der Waals surface area contributed by atoms with E-state index in [1.165, 1.54) is 14.7 Å². The van der Waals surface area contributed by atoms with Crippen LogP contribution in [0.5, 0.6) is 0 Å². The molecule has 0 saturated carbocycles. The molecule has 0 bridgehead atoms. The lowest BCUT2D eigenvalue weighted by molar-refractivity contribution is -0.137. The van der Waals surface area contributed by atoms with E-state index in [1.807, 2.05) is 18.2 Å². The predicted molar refractivity (Wildman–Crippen MR) is 120 cm³/mol. The van der Waals surface area contributed by atoms with Crippen molar-refractivity contribution in [3.8, 4) is 0 Å².